The van der Waals surface area contributed by atoms with Crippen molar-refractivity contribution in [2.24, 2.45) is 0 Å². The molecular weight excluding hydrogens is 859 g/mol. The number of carbonyl (C=O) groups is 1. The lowest BCUT2D eigenvalue weighted by atomic mass is 9.97. The van der Waals surface area contributed by atoms with Crippen LogP contribution in [-0.4, -0.2) is 140 Å². The van der Waals surface area contributed by atoms with Crippen LogP contribution < -0.4 is 5.32 Å². The van der Waals surface area contributed by atoms with Crippen LogP contribution in [0.25, 0.3) is 0 Å². The van der Waals surface area contributed by atoms with Crippen molar-refractivity contribution in [1.82, 2.24) is 5.32 Å². The van der Waals surface area contributed by atoms with E-state index in [1.807, 2.05) is 0 Å². The Hall–Kier alpha value is -1.01. The monoisotopic (exact) mass is 962 g/mol. The molecule has 0 spiro atoms. The van der Waals surface area contributed by atoms with Crippen LogP contribution in [0.4, 0.5) is 0 Å². The molecule has 2 aliphatic rings. The SMILES string of the molecule is CCCCCCCCCCCCCCCCCCCC(=O)NC(COC1OC(CO)C(OC2OC(CO)C(O)C(O)C2O)C(O)C1O)C(O)CCCCCCCCCCCCCCCCCC. The van der Waals surface area contributed by atoms with Crippen molar-refractivity contribution >= 4 is 5.91 Å². The van der Waals surface area contributed by atoms with E-state index in [0.717, 1.165) is 51.4 Å². The van der Waals surface area contributed by atoms with Crippen molar-refractivity contribution in [3.8, 4) is 0 Å². The second-order valence-corrected chi connectivity index (χ2v) is 20.1. The summed E-state index contributed by atoms with van der Waals surface area (Å²) in [6.45, 7) is 2.88. The summed E-state index contributed by atoms with van der Waals surface area (Å²) >= 11 is 0. The molecule has 0 saturated carbocycles. The molecule has 9 N–H and O–H groups in total. The standard InChI is InChI=1S/C53H103NO13/c1-3-5-7-9-11-13-15-17-19-21-23-25-27-29-31-33-35-37-45(58)54-41(42(57)36-34-32-30-28-26-24-22-20-18-16-14-12-10-8-6-4-2)40-64-52-50(63)48(61)51(44(39-56)66-52)67-53-49(62)47(60)46(59)43(38-55)65-53/h41-44,46-53,55-57,59-63H,3-40H2,1-2H3,(H,54,58). The lowest BCUT2D eigenvalue weighted by molar-refractivity contribution is -0.359. The van der Waals surface area contributed by atoms with Crippen LogP contribution in [0.5, 0.6) is 0 Å². The molecule has 398 valence electrons. The highest BCUT2D eigenvalue weighted by Crippen LogP contribution is 2.30. The smallest absolute Gasteiger partial charge is 0.220 e. The van der Waals surface area contributed by atoms with Gasteiger partial charge in [0.25, 0.3) is 0 Å². The highest BCUT2D eigenvalue weighted by atomic mass is 16.7. The molecule has 0 aliphatic carbocycles. The Morgan fingerprint density at radius 2 is 0.851 bits per heavy atom. The van der Waals surface area contributed by atoms with Crippen LogP contribution in [0, 0.1) is 0 Å². The minimum absolute atomic E-state index is 0.202. The molecule has 2 fully saturated rings. The normalized spacial score (nSPS) is 26.5. The highest BCUT2D eigenvalue weighted by Gasteiger charge is 2.51. The number of rotatable bonds is 44. The first-order chi connectivity index (χ1) is 32.6. The van der Waals surface area contributed by atoms with Crippen LogP contribution in [0.3, 0.4) is 0 Å². The van der Waals surface area contributed by atoms with Gasteiger partial charge in [0.15, 0.2) is 12.6 Å². The molecule has 0 aromatic heterocycles. The zero-order chi connectivity index (χ0) is 48.9. The number of aliphatic hydroxyl groups excluding tert-OH is 8. The summed E-state index contributed by atoms with van der Waals surface area (Å²) in [5.41, 5.74) is 0. The molecule has 67 heavy (non-hydrogen) atoms. The van der Waals surface area contributed by atoms with Gasteiger partial charge in [-0.15, -0.1) is 0 Å². The Morgan fingerprint density at radius 3 is 1.27 bits per heavy atom. The van der Waals surface area contributed by atoms with E-state index in [1.165, 1.54) is 161 Å². The fraction of sp³-hybridized carbons (Fsp3) is 0.981. The number of carbonyl (C=O) groups excluding carboxylic acids is 1. The van der Waals surface area contributed by atoms with Gasteiger partial charge in [-0.25, -0.2) is 0 Å². The number of unbranched alkanes of at least 4 members (excludes halogenated alkanes) is 31. The first-order valence-corrected chi connectivity index (χ1v) is 27.8. The van der Waals surface area contributed by atoms with E-state index in [-0.39, 0.29) is 12.5 Å². The van der Waals surface area contributed by atoms with Gasteiger partial charge in [-0.05, 0) is 12.8 Å². The van der Waals surface area contributed by atoms with E-state index >= 15 is 0 Å². The Kier molecular flexibility index (Phi) is 37.6. The van der Waals surface area contributed by atoms with E-state index in [9.17, 15) is 45.6 Å². The summed E-state index contributed by atoms with van der Waals surface area (Å²) in [6.07, 6.45) is 25.2. The van der Waals surface area contributed by atoms with Crippen molar-refractivity contribution < 1.29 is 64.6 Å². The average molecular weight is 962 g/mol. The molecule has 0 aromatic rings. The maximum atomic E-state index is 13.2. The fourth-order valence-electron chi connectivity index (χ4n) is 9.53. The second kappa shape index (κ2) is 40.6. The summed E-state index contributed by atoms with van der Waals surface area (Å²) < 4.78 is 22.8. The third kappa shape index (κ3) is 27.4. The van der Waals surface area contributed by atoms with Crippen LogP contribution >= 0.6 is 0 Å². The van der Waals surface area contributed by atoms with Crippen molar-refractivity contribution in [2.75, 3.05) is 19.8 Å². The summed E-state index contributed by atoms with van der Waals surface area (Å²) in [5.74, 6) is -0.202. The minimum Gasteiger partial charge on any atom is -0.394 e. The van der Waals surface area contributed by atoms with Gasteiger partial charge in [-0.3, -0.25) is 4.79 Å². The maximum absolute atomic E-state index is 13.2. The zero-order valence-corrected chi connectivity index (χ0v) is 42.4. The van der Waals surface area contributed by atoms with Crippen LogP contribution in [0.1, 0.15) is 239 Å². The lowest BCUT2D eigenvalue weighted by Gasteiger charge is -2.46. The van der Waals surface area contributed by atoms with Crippen LogP contribution in [-0.2, 0) is 23.7 Å². The van der Waals surface area contributed by atoms with Gasteiger partial charge in [0.05, 0.1) is 32.0 Å². The van der Waals surface area contributed by atoms with Crippen molar-refractivity contribution in [1.29, 1.82) is 0 Å². The molecule has 2 saturated heterocycles. The quantitative estimate of drug-likeness (QED) is 0.0263. The van der Waals surface area contributed by atoms with E-state index in [1.54, 1.807) is 0 Å². The minimum atomic E-state index is -1.78. The Labute approximate surface area is 406 Å². The number of ether oxygens (including phenoxy) is 4. The zero-order valence-electron chi connectivity index (χ0n) is 42.4. The predicted octanol–water partition coefficient (Wildman–Crippen LogP) is 8.17. The highest BCUT2D eigenvalue weighted by molar-refractivity contribution is 5.76. The van der Waals surface area contributed by atoms with E-state index in [0.29, 0.717) is 12.8 Å². The molecule has 14 heteroatoms. The molecule has 1 amide bonds. The second-order valence-electron chi connectivity index (χ2n) is 20.1. The van der Waals surface area contributed by atoms with Crippen LogP contribution in [0.2, 0.25) is 0 Å². The van der Waals surface area contributed by atoms with Crippen LogP contribution in [0.15, 0.2) is 0 Å². The maximum Gasteiger partial charge on any atom is 0.220 e. The summed E-state index contributed by atoms with van der Waals surface area (Å²) in [4.78, 5) is 13.2. The average Bonchev–Trinajstić information content (AvgIpc) is 3.32. The first-order valence-electron chi connectivity index (χ1n) is 27.8. The number of nitrogens with one attached hydrogen (secondary N) is 1. The fourth-order valence-corrected chi connectivity index (χ4v) is 9.53. The molecule has 2 heterocycles. The van der Waals surface area contributed by atoms with Gasteiger partial charge in [0.1, 0.15) is 48.8 Å². The third-order valence-electron chi connectivity index (χ3n) is 14.1. The van der Waals surface area contributed by atoms with Gasteiger partial charge in [0, 0.05) is 6.42 Å². The molecule has 14 nitrogen and oxygen atoms in total. The lowest BCUT2D eigenvalue weighted by Crippen LogP contribution is -2.65. The van der Waals surface area contributed by atoms with E-state index < -0.39 is 86.8 Å². The Balaban J connectivity index is 1.79. The topological polar surface area (TPSA) is 228 Å². The van der Waals surface area contributed by atoms with Crippen molar-refractivity contribution in [2.45, 2.75) is 312 Å². The summed E-state index contributed by atoms with van der Waals surface area (Å²) in [5, 5.41) is 87.1. The van der Waals surface area contributed by atoms with Crippen molar-refractivity contribution in [3.05, 3.63) is 0 Å². The first kappa shape index (κ1) is 62.1. The van der Waals surface area contributed by atoms with Gasteiger partial charge in [-0.1, -0.05) is 219 Å². The molecule has 0 aromatic carbocycles. The molecular formula is C53H103NO13. The molecule has 2 aliphatic heterocycles. The Morgan fingerprint density at radius 1 is 0.478 bits per heavy atom. The Bertz CT molecular complexity index is 1140. The molecule has 0 bridgehead atoms. The number of hydrogen-bond donors (Lipinski definition) is 9. The number of aliphatic hydroxyl groups is 8. The molecule has 12 unspecified atom stereocenters. The number of hydrogen-bond acceptors (Lipinski definition) is 13. The van der Waals surface area contributed by atoms with Gasteiger partial charge < -0.3 is 65.1 Å². The molecule has 2 rings (SSSR count). The molecule has 0 radical (unpaired) electrons. The van der Waals surface area contributed by atoms with Gasteiger partial charge in [0.2, 0.25) is 5.91 Å². The largest absolute Gasteiger partial charge is 0.394 e. The van der Waals surface area contributed by atoms with E-state index in [4.69, 9.17) is 18.9 Å². The predicted molar refractivity (Wildman–Crippen MR) is 263 cm³/mol. The number of amides is 1. The van der Waals surface area contributed by atoms with Crippen molar-refractivity contribution in [3.63, 3.8) is 0 Å². The van der Waals surface area contributed by atoms with E-state index in [2.05, 4.69) is 19.2 Å². The third-order valence-corrected chi connectivity index (χ3v) is 14.1. The van der Waals surface area contributed by atoms with Gasteiger partial charge >= 0.3 is 0 Å². The van der Waals surface area contributed by atoms with Gasteiger partial charge in [-0.2, -0.15) is 0 Å². The molecule has 12 atom stereocenters. The summed E-state index contributed by atoms with van der Waals surface area (Å²) in [7, 11) is 0. The summed E-state index contributed by atoms with van der Waals surface area (Å²) in [6, 6.07) is -0.821.